The molecule has 2 amide bonds. The van der Waals surface area contributed by atoms with E-state index in [4.69, 9.17) is 0 Å². The molecule has 0 aliphatic carbocycles. The lowest BCUT2D eigenvalue weighted by atomic mass is 10.0. The van der Waals surface area contributed by atoms with Crippen molar-refractivity contribution >= 4 is 16.8 Å². The number of hydrogen-bond donors (Lipinski definition) is 1. The van der Waals surface area contributed by atoms with Crippen molar-refractivity contribution in [3.05, 3.63) is 48.0 Å². The highest BCUT2D eigenvalue weighted by Gasteiger charge is 2.31. The summed E-state index contributed by atoms with van der Waals surface area (Å²) in [6, 6.07) is 15.5. The Morgan fingerprint density at radius 3 is 2.72 bits per heavy atom. The third-order valence-corrected chi connectivity index (χ3v) is 5.66. The van der Waals surface area contributed by atoms with Crippen LogP contribution in [0, 0.1) is 0 Å². The summed E-state index contributed by atoms with van der Waals surface area (Å²) in [4.78, 5) is 17.0. The molecule has 2 aliphatic heterocycles. The van der Waals surface area contributed by atoms with Gasteiger partial charge < -0.3 is 10.2 Å². The second kappa shape index (κ2) is 7.44. The van der Waals surface area contributed by atoms with E-state index >= 15 is 0 Å². The average molecular weight is 337 g/mol. The maximum atomic E-state index is 12.5. The number of carbonyl (C=O) groups is 1. The van der Waals surface area contributed by atoms with Crippen molar-refractivity contribution < 1.29 is 4.79 Å². The van der Waals surface area contributed by atoms with Crippen molar-refractivity contribution in [3.8, 4) is 0 Å². The summed E-state index contributed by atoms with van der Waals surface area (Å²) in [6.45, 7) is 4.89. The fourth-order valence-corrected chi connectivity index (χ4v) is 4.26. The van der Waals surface area contributed by atoms with Crippen LogP contribution < -0.4 is 5.32 Å². The van der Waals surface area contributed by atoms with E-state index in [2.05, 4.69) is 52.7 Å². The summed E-state index contributed by atoms with van der Waals surface area (Å²) in [6.07, 6.45) is 4.62. The van der Waals surface area contributed by atoms with Gasteiger partial charge in [0.25, 0.3) is 0 Å². The Labute approximate surface area is 149 Å². The van der Waals surface area contributed by atoms with E-state index in [1.807, 2.05) is 4.90 Å². The van der Waals surface area contributed by atoms with Gasteiger partial charge in [-0.2, -0.15) is 0 Å². The van der Waals surface area contributed by atoms with Gasteiger partial charge in [0.2, 0.25) is 0 Å². The highest BCUT2D eigenvalue weighted by atomic mass is 16.2. The lowest BCUT2D eigenvalue weighted by Gasteiger charge is -2.23. The first-order valence-electron chi connectivity index (χ1n) is 9.55. The molecule has 1 atom stereocenters. The SMILES string of the molecule is O=C(NCCc1cccc2ccccc12)N1CCC(N2CCCC2)C1. The van der Waals surface area contributed by atoms with Crippen molar-refractivity contribution in [2.45, 2.75) is 31.7 Å². The summed E-state index contributed by atoms with van der Waals surface area (Å²) >= 11 is 0. The van der Waals surface area contributed by atoms with Gasteiger partial charge >= 0.3 is 6.03 Å². The first kappa shape index (κ1) is 16.4. The third-order valence-electron chi connectivity index (χ3n) is 5.66. The van der Waals surface area contributed by atoms with Gasteiger partial charge in [-0.1, -0.05) is 42.5 Å². The zero-order chi connectivity index (χ0) is 17.1. The molecule has 2 heterocycles. The van der Waals surface area contributed by atoms with Crippen LogP contribution in [0.2, 0.25) is 0 Å². The number of hydrogen-bond acceptors (Lipinski definition) is 2. The normalized spacial score (nSPS) is 21.1. The molecule has 2 aromatic carbocycles. The van der Waals surface area contributed by atoms with Crippen LogP contribution in [0.15, 0.2) is 42.5 Å². The second-order valence-corrected chi connectivity index (χ2v) is 7.25. The van der Waals surface area contributed by atoms with Crippen LogP contribution >= 0.6 is 0 Å². The zero-order valence-corrected chi connectivity index (χ0v) is 14.8. The van der Waals surface area contributed by atoms with Gasteiger partial charge in [-0.3, -0.25) is 4.90 Å². The van der Waals surface area contributed by atoms with Gasteiger partial charge in [0, 0.05) is 25.7 Å². The molecule has 1 N–H and O–H groups in total. The van der Waals surface area contributed by atoms with E-state index in [-0.39, 0.29) is 6.03 Å². The molecule has 25 heavy (non-hydrogen) atoms. The summed E-state index contributed by atoms with van der Waals surface area (Å²) in [5.74, 6) is 0. The highest BCUT2D eigenvalue weighted by Crippen LogP contribution is 2.21. The molecule has 2 fully saturated rings. The Morgan fingerprint density at radius 1 is 1.04 bits per heavy atom. The molecule has 2 aromatic rings. The van der Waals surface area contributed by atoms with E-state index in [1.165, 1.54) is 42.3 Å². The van der Waals surface area contributed by atoms with Gasteiger partial charge in [-0.15, -0.1) is 0 Å². The molecule has 0 saturated carbocycles. The van der Waals surface area contributed by atoms with Crippen LogP contribution in [0.3, 0.4) is 0 Å². The van der Waals surface area contributed by atoms with Crippen molar-refractivity contribution in [2.24, 2.45) is 0 Å². The lowest BCUT2D eigenvalue weighted by Crippen LogP contribution is -2.42. The van der Waals surface area contributed by atoms with Crippen LogP contribution in [-0.2, 0) is 6.42 Å². The molecule has 0 radical (unpaired) electrons. The second-order valence-electron chi connectivity index (χ2n) is 7.25. The molecular formula is C21H27N3O. The Balaban J connectivity index is 1.29. The monoisotopic (exact) mass is 337 g/mol. The molecule has 0 aromatic heterocycles. The van der Waals surface area contributed by atoms with E-state index in [0.29, 0.717) is 12.6 Å². The number of fused-ring (bicyclic) bond motifs is 1. The summed E-state index contributed by atoms with van der Waals surface area (Å²) in [7, 11) is 0. The number of benzene rings is 2. The van der Waals surface area contributed by atoms with Gasteiger partial charge in [0.05, 0.1) is 0 Å². The number of carbonyl (C=O) groups excluding carboxylic acids is 1. The van der Waals surface area contributed by atoms with Gasteiger partial charge in [0.1, 0.15) is 0 Å². The number of nitrogens with zero attached hydrogens (tertiary/aromatic N) is 2. The standard InChI is InChI=1S/C21H27N3O/c25-21(24-15-11-19(16-24)23-13-3-4-14-23)22-12-10-18-8-5-7-17-6-1-2-9-20(17)18/h1-2,5-9,19H,3-4,10-16H2,(H,22,25). The van der Waals surface area contributed by atoms with E-state index < -0.39 is 0 Å². The van der Waals surface area contributed by atoms with E-state index in [0.717, 1.165) is 25.9 Å². The number of rotatable bonds is 4. The largest absolute Gasteiger partial charge is 0.338 e. The lowest BCUT2D eigenvalue weighted by molar-refractivity contribution is 0.199. The predicted octanol–water partition coefficient (Wildman–Crippen LogP) is 3.26. The minimum Gasteiger partial charge on any atom is -0.338 e. The van der Waals surface area contributed by atoms with Crippen LogP contribution in [0.5, 0.6) is 0 Å². The molecule has 2 saturated heterocycles. The van der Waals surface area contributed by atoms with Crippen molar-refractivity contribution in [1.29, 1.82) is 0 Å². The van der Waals surface area contributed by atoms with Crippen LogP contribution in [0.25, 0.3) is 10.8 Å². The summed E-state index contributed by atoms with van der Waals surface area (Å²) in [5.41, 5.74) is 1.30. The molecule has 4 nitrogen and oxygen atoms in total. The quantitative estimate of drug-likeness (QED) is 0.929. The minimum atomic E-state index is 0.0990. The molecule has 4 heteroatoms. The Morgan fingerprint density at radius 2 is 1.84 bits per heavy atom. The van der Waals surface area contributed by atoms with Crippen molar-refractivity contribution in [2.75, 3.05) is 32.7 Å². The maximum Gasteiger partial charge on any atom is 0.317 e. The zero-order valence-electron chi connectivity index (χ0n) is 14.8. The summed E-state index contributed by atoms with van der Waals surface area (Å²) in [5, 5.41) is 5.67. The molecular weight excluding hydrogens is 310 g/mol. The molecule has 0 spiro atoms. The van der Waals surface area contributed by atoms with Gasteiger partial charge in [0.15, 0.2) is 0 Å². The van der Waals surface area contributed by atoms with E-state index in [9.17, 15) is 4.79 Å². The minimum absolute atomic E-state index is 0.0990. The average Bonchev–Trinajstić information content (AvgIpc) is 3.33. The number of urea groups is 1. The van der Waals surface area contributed by atoms with Crippen molar-refractivity contribution in [1.82, 2.24) is 15.1 Å². The Kier molecular flexibility index (Phi) is 4.88. The molecule has 1 unspecified atom stereocenters. The third kappa shape index (κ3) is 3.64. The smallest absolute Gasteiger partial charge is 0.317 e. The number of nitrogens with one attached hydrogen (secondary N) is 1. The van der Waals surface area contributed by atoms with Gasteiger partial charge in [-0.25, -0.2) is 4.79 Å². The van der Waals surface area contributed by atoms with E-state index in [1.54, 1.807) is 0 Å². The number of amides is 2. The molecule has 4 rings (SSSR count). The molecule has 0 bridgehead atoms. The number of likely N-dealkylation sites (tertiary alicyclic amines) is 2. The fraction of sp³-hybridized carbons (Fsp3) is 0.476. The maximum absolute atomic E-state index is 12.5. The van der Waals surface area contributed by atoms with Crippen LogP contribution in [0.4, 0.5) is 4.79 Å². The van der Waals surface area contributed by atoms with Crippen LogP contribution in [0.1, 0.15) is 24.8 Å². The topological polar surface area (TPSA) is 35.6 Å². The first-order chi connectivity index (χ1) is 12.3. The molecule has 132 valence electrons. The Bertz CT molecular complexity index is 734. The summed E-state index contributed by atoms with van der Waals surface area (Å²) < 4.78 is 0. The first-order valence-corrected chi connectivity index (χ1v) is 9.55. The van der Waals surface area contributed by atoms with Crippen LogP contribution in [-0.4, -0.2) is 54.6 Å². The predicted molar refractivity (Wildman–Crippen MR) is 102 cm³/mol. The Hall–Kier alpha value is -2.07. The fourth-order valence-electron chi connectivity index (χ4n) is 4.26. The molecule has 2 aliphatic rings. The van der Waals surface area contributed by atoms with Crippen molar-refractivity contribution in [3.63, 3.8) is 0 Å². The van der Waals surface area contributed by atoms with Gasteiger partial charge in [-0.05, 0) is 55.1 Å². The highest BCUT2D eigenvalue weighted by molar-refractivity contribution is 5.85.